The van der Waals surface area contributed by atoms with Gasteiger partial charge in [0.25, 0.3) is 0 Å². The van der Waals surface area contributed by atoms with Gasteiger partial charge in [0.05, 0.1) is 0 Å². The zero-order chi connectivity index (χ0) is 6.69. The molecule has 1 atom stereocenters. The lowest BCUT2D eigenvalue weighted by molar-refractivity contribution is -0.420. The van der Waals surface area contributed by atoms with E-state index >= 15 is 0 Å². The minimum absolute atomic E-state index is 0.409. The quantitative estimate of drug-likeness (QED) is 0.575. The highest BCUT2D eigenvalue weighted by atomic mass is 14.6. The van der Waals surface area contributed by atoms with Crippen molar-refractivity contribution in [2.24, 2.45) is 0 Å². The maximum Gasteiger partial charge on any atom is 0.107 e. The average Bonchev–Trinajstić information content (AvgIpc) is 1.90. The molecule has 1 rings (SSSR count). The lowest BCUT2D eigenvalue weighted by Gasteiger charge is -1.98. The van der Waals surface area contributed by atoms with Crippen molar-refractivity contribution in [1.29, 1.82) is 0 Å². The molecule has 3 N–H and O–H groups in total. The molecule has 1 nitrogen and oxygen atoms in total. The van der Waals surface area contributed by atoms with Crippen LogP contribution in [0.25, 0.3) is 0 Å². The first-order valence-electron chi connectivity index (χ1n) is 3.18. The summed E-state index contributed by atoms with van der Waals surface area (Å²) in [5.41, 5.74) is 5.21. The normalized spacial score (nSPS) is 13.1. The fraction of sp³-hybridized carbons (Fsp3) is 0.250. The minimum atomic E-state index is 0.409. The predicted octanol–water partition coefficient (Wildman–Crippen LogP) is 0.990. The van der Waals surface area contributed by atoms with Crippen molar-refractivity contribution in [1.82, 2.24) is 0 Å². The first kappa shape index (κ1) is 6.30. The Hall–Kier alpha value is -0.820. The van der Waals surface area contributed by atoms with Crippen LogP contribution in [-0.2, 0) is 0 Å². The summed E-state index contributed by atoms with van der Waals surface area (Å²) in [6.45, 7) is 2.09. The van der Waals surface area contributed by atoms with Crippen LogP contribution in [0.2, 0.25) is 0 Å². The molecule has 0 amide bonds. The molecule has 0 aromatic heterocycles. The Balaban J connectivity index is 2.85. The monoisotopic (exact) mass is 122 g/mol. The van der Waals surface area contributed by atoms with E-state index in [1.54, 1.807) is 0 Å². The van der Waals surface area contributed by atoms with E-state index in [1.165, 1.54) is 5.56 Å². The Morgan fingerprint density at radius 2 is 1.78 bits per heavy atom. The van der Waals surface area contributed by atoms with Crippen molar-refractivity contribution in [2.45, 2.75) is 13.0 Å². The molecule has 0 aliphatic heterocycles. The second-order valence-electron chi connectivity index (χ2n) is 2.31. The topological polar surface area (TPSA) is 27.6 Å². The number of hydrogen-bond donors (Lipinski definition) is 1. The molecule has 1 heteroatoms. The highest BCUT2D eigenvalue weighted by molar-refractivity contribution is 5.15. The average molecular weight is 122 g/mol. The predicted molar refractivity (Wildman–Crippen MR) is 37.7 cm³/mol. The molecular formula is C8H12N+. The third kappa shape index (κ3) is 1.54. The van der Waals surface area contributed by atoms with Crippen LogP contribution in [0.4, 0.5) is 0 Å². The molecule has 0 aliphatic rings. The molecule has 0 radical (unpaired) electrons. The molecule has 0 spiro atoms. The van der Waals surface area contributed by atoms with Crippen LogP contribution in [0.3, 0.4) is 0 Å². The third-order valence-electron chi connectivity index (χ3n) is 1.37. The van der Waals surface area contributed by atoms with Crippen molar-refractivity contribution in [3.63, 3.8) is 0 Å². The van der Waals surface area contributed by atoms with Gasteiger partial charge in [0.1, 0.15) is 6.04 Å². The van der Waals surface area contributed by atoms with Crippen molar-refractivity contribution in [3.05, 3.63) is 35.9 Å². The van der Waals surface area contributed by atoms with Gasteiger partial charge in [-0.15, -0.1) is 0 Å². The van der Waals surface area contributed by atoms with Gasteiger partial charge in [0.2, 0.25) is 0 Å². The van der Waals surface area contributed by atoms with Crippen LogP contribution in [0.15, 0.2) is 30.3 Å². The Kier molecular flexibility index (Phi) is 1.85. The molecule has 1 aromatic rings. The largest absolute Gasteiger partial charge is 0.352 e. The fourth-order valence-corrected chi connectivity index (χ4v) is 0.782. The smallest absolute Gasteiger partial charge is 0.107 e. The van der Waals surface area contributed by atoms with E-state index < -0.39 is 0 Å². The van der Waals surface area contributed by atoms with E-state index in [4.69, 9.17) is 0 Å². The summed E-state index contributed by atoms with van der Waals surface area (Å²) in [4.78, 5) is 0. The maximum absolute atomic E-state index is 3.91. The molecular weight excluding hydrogens is 110 g/mol. The van der Waals surface area contributed by atoms with Crippen molar-refractivity contribution in [3.8, 4) is 0 Å². The lowest BCUT2D eigenvalue weighted by Crippen LogP contribution is -2.51. The Morgan fingerprint density at radius 1 is 1.22 bits per heavy atom. The molecule has 0 saturated carbocycles. The molecule has 0 saturated heterocycles. The van der Waals surface area contributed by atoms with Crippen LogP contribution in [0.1, 0.15) is 18.5 Å². The van der Waals surface area contributed by atoms with Crippen LogP contribution >= 0.6 is 0 Å². The van der Waals surface area contributed by atoms with Gasteiger partial charge in [0.15, 0.2) is 0 Å². The van der Waals surface area contributed by atoms with E-state index in [1.807, 2.05) is 18.2 Å². The van der Waals surface area contributed by atoms with Gasteiger partial charge in [0, 0.05) is 5.56 Å². The molecule has 9 heavy (non-hydrogen) atoms. The van der Waals surface area contributed by atoms with Gasteiger partial charge in [-0.3, -0.25) is 0 Å². The molecule has 0 bridgehead atoms. The van der Waals surface area contributed by atoms with Gasteiger partial charge in [-0.1, -0.05) is 30.3 Å². The summed E-state index contributed by atoms with van der Waals surface area (Å²) in [7, 11) is 0. The van der Waals surface area contributed by atoms with Crippen LogP contribution in [0.5, 0.6) is 0 Å². The van der Waals surface area contributed by atoms with Crippen molar-refractivity contribution < 1.29 is 5.73 Å². The maximum atomic E-state index is 3.91. The highest BCUT2D eigenvalue weighted by Gasteiger charge is 1.97. The first-order chi connectivity index (χ1) is 4.30. The summed E-state index contributed by atoms with van der Waals surface area (Å²) in [6.07, 6.45) is 0. The van der Waals surface area contributed by atoms with E-state index in [0.717, 1.165) is 0 Å². The first-order valence-corrected chi connectivity index (χ1v) is 3.18. The molecule has 0 heterocycles. The van der Waals surface area contributed by atoms with Gasteiger partial charge in [-0.05, 0) is 6.92 Å². The molecule has 1 aromatic carbocycles. The van der Waals surface area contributed by atoms with Gasteiger partial charge < -0.3 is 5.73 Å². The molecule has 1 unspecified atom stereocenters. The van der Waals surface area contributed by atoms with E-state index in [2.05, 4.69) is 24.8 Å². The minimum Gasteiger partial charge on any atom is -0.352 e. The van der Waals surface area contributed by atoms with Crippen molar-refractivity contribution in [2.75, 3.05) is 0 Å². The zero-order valence-corrected chi connectivity index (χ0v) is 5.67. The number of benzene rings is 1. The van der Waals surface area contributed by atoms with Crippen LogP contribution in [0, 0.1) is 0 Å². The van der Waals surface area contributed by atoms with Crippen LogP contribution < -0.4 is 5.73 Å². The summed E-state index contributed by atoms with van der Waals surface area (Å²) in [5, 5.41) is 0. The van der Waals surface area contributed by atoms with Crippen LogP contribution in [-0.4, -0.2) is 0 Å². The molecule has 0 aliphatic carbocycles. The van der Waals surface area contributed by atoms with E-state index in [-0.39, 0.29) is 0 Å². The van der Waals surface area contributed by atoms with Gasteiger partial charge >= 0.3 is 0 Å². The SMILES string of the molecule is CC([NH3+])c1ccccc1. The van der Waals surface area contributed by atoms with Gasteiger partial charge in [-0.2, -0.15) is 0 Å². The second kappa shape index (κ2) is 2.65. The number of hydrogen-bond acceptors (Lipinski definition) is 0. The summed E-state index contributed by atoms with van der Waals surface area (Å²) in [5.74, 6) is 0. The molecule has 48 valence electrons. The highest BCUT2D eigenvalue weighted by Crippen LogP contribution is 2.04. The Labute approximate surface area is 55.5 Å². The van der Waals surface area contributed by atoms with E-state index in [9.17, 15) is 0 Å². The Bertz CT molecular complexity index is 167. The summed E-state index contributed by atoms with van der Waals surface area (Å²) < 4.78 is 0. The summed E-state index contributed by atoms with van der Waals surface area (Å²) >= 11 is 0. The fourth-order valence-electron chi connectivity index (χ4n) is 0.782. The molecule has 0 fully saturated rings. The number of rotatable bonds is 1. The van der Waals surface area contributed by atoms with Gasteiger partial charge in [-0.25, -0.2) is 0 Å². The van der Waals surface area contributed by atoms with E-state index in [0.29, 0.717) is 6.04 Å². The number of quaternary nitrogens is 1. The zero-order valence-electron chi connectivity index (χ0n) is 5.67. The third-order valence-corrected chi connectivity index (χ3v) is 1.37. The van der Waals surface area contributed by atoms with Crippen molar-refractivity contribution >= 4 is 0 Å². The Morgan fingerprint density at radius 3 is 2.11 bits per heavy atom. The second-order valence-corrected chi connectivity index (χ2v) is 2.31. The lowest BCUT2D eigenvalue weighted by atomic mass is 10.1. The summed E-state index contributed by atoms with van der Waals surface area (Å²) in [6, 6.07) is 10.7. The standard InChI is InChI=1S/C8H11N/c1-7(9)8-5-3-2-4-6-8/h2-7H,9H2,1H3/p+1.